The van der Waals surface area contributed by atoms with Crippen molar-refractivity contribution in [2.75, 3.05) is 27.3 Å². The van der Waals surface area contributed by atoms with E-state index < -0.39 is 0 Å². The summed E-state index contributed by atoms with van der Waals surface area (Å²) in [4.78, 5) is 0. The first-order valence-corrected chi connectivity index (χ1v) is 7.71. The van der Waals surface area contributed by atoms with Gasteiger partial charge in [-0.3, -0.25) is 0 Å². The fourth-order valence-electron chi connectivity index (χ4n) is 2.95. The fraction of sp³-hybridized carbons (Fsp3) is 0.647. The van der Waals surface area contributed by atoms with E-state index in [0.29, 0.717) is 12.0 Å². The standard InChI is InChI=1S/C17H27NO2/c1-18-13-15(7-10-17-4-3-11-20-17)12-14-5-8-16(19-2)9-6-14/h5-6,8-9,15,17-18H,3-4,7,10-13H2,1-2H3. The Morgan fingerprint density at radius 3 is 2.75 bits per heavy atom. The van der Waals surface area contributed by atoms with Crippen LogP contribution in [0.15, 0.2) is 24.3 Å². The Labute approximate surface area is 122 Å². The molecule has 0 aromatic heterocycles. The van der Waals surface area contributed by atoms with Crippen LogP contribution in [0.25, 0.3) is 0 Å². The topological polar surface area (TPSA) is 30.5 Å². The van der Waals surface area contributed by atoms with Crippen molar-refractivity contribution in [1.82, 2.24) is 5.32 Å². The first-order valence-electron chi connectivity index (χ1n) is 7.71. The lowest BCUT2D eigenvalue weighted by molar-refractivity contribution is 0.0980. The predicted octanol–water partition coefficient (Wildman–Crippen LogP) is 3.03. The van der Waals surface area contributed by atoms with Crippen molar-refractivity contribution in [1.29, 1.82) is 0 Å². The second kappa shape index (κ2) is 8.28. The summed E-state index contributed by atoms with van der Waals surface area (Å²) in [6.07, 6.45) is 6.54. The summed E-state index contributed by atoms with van der Waals surface area (Å²) >= 11 is 0. The van der Waals surface area contributed by atoms with Gasteiger partial charge in [0.05, 0.1) is 13.2 Å². The van der Waals surface area contributed by atoms with Crippen molar-refractivity contribution in [3.05, 3.63) is 29.8 Å². The Bertz CT molecular complexity index is 371. The molecule has 20 heavy (non-hydrogen) atoms. The maximum Gasteiger partial charge on any atom is 0.118 e. The summed E-state index contributed by atoms with van der Waals surface area (Å²) in [5, 5.41) is 3.32. The van der Waals surface area contributed by atoms with Crippen LogP contribution in [0.4, 0.5) is 0 Å². The average Bonchev–Trinajstić information content (AvgIpc) is 2.99. The lowest BCUT2D eigenvalue weighted by Crippen LogP contribution is -2.22. The van der Waals surface area contributed by atoms with Crippen LogP contribution < -0.4 is 10.1 Å². The van der Waals surface area contributed by atoms with E-state index >= 15 is 0 Å². The van der Waals surface area contributed by atoms with Gasteiger partial charge < -0.3 is 14.8 Å². The van der Waals surface area contributed by atoms with Crippen LogP contribution in [-0.2, 0) is 11.2 Å². The molecule has 1 saturated heterocycles. The molecule has 0 saturated carbocycles. The molecule has 2 rings (SSSR count). The molecule has 3 heteroatoms. The molecule has 1 aromatic carbocycles. The van der Waals surface area contributed by atoms with Gasteiger partial charge in [-0.05, 0) is 69.3 Å². The van der Waals surface area contributed by atoms with Gasteiger partial charge >= 0.3 is 0 Å². The van der Waals surface area contributed by atoms with E-state index in [1.165, 1.54) is 31.2 Å². The Balaban J connectivity index is 1.83. The van der Waals surface area contributed by atoms with Gasteiger partial charge in [-0.1, -0.05) is 12.1 Å². The maximum atomic E-state index is 5.73. The number of benzene rings is 1. The number of ether oxygens (including phenoxy) is 2. The van der Waals surface area contributed by atoms with Crippen molar-refractivity contribution in [2.24, 2.45) is 5.92 Å². The van der Waals surface area contributed by atoms with Crippen molar-refractivity contribution < 1.29 is 9.47 Å². The predicted molar refractivity (Wildman–Crippen MR) is 82.3 cm³/mol. The van der Waals surface area contributed by atoms with Crippen LogP contribution in [0.2, 0.25) is 0 Å². The molecule has 2 atom stereocenters. The van der Waals surface area contributed by atoms with Gasteiger partial charge in [0.1, 0.15) is 5.75 Å². The highest BCUT2D eigenvalue weighted by atomic mass is 16.5. The summed E-state index contributed by atoms with van der Waals surface area (Å²) in [5.41, 5.74) is 1.39. The minimum Gasteiger partial charge on any atom is -0.497 e. The Hall–Kier alpha value is -1.06. The quantitative estimate of drug-likeness (QED) is 0.792. The lowest BCUT2D eigenvalue weighted by Gasteiger charge is -2.19. The third kappa shape index (κ3) is 4.80. The van der Waals surface area contributed by atoms with Gasteiger partial charge in [0.2, 0.25) is 0 Å². The summed E-state index contributed by atoms with van der Waals surface area (Å²) in [5.74, 6) is 1.61. The van der Waals surface area contributed by atoms with Crippen LogP contribution in [0, 0.1) is 5.92 Å². The van der Waals surface area contributed by atoms with E-state index in [-0.39, 0.29) is 0 Å². The molecule has 112 valence electrons. The average molecular weight is 277 g/mol. The number of nitrogens with one attached hydrogen (secondary N) is 1. The van der Waals surface area contributed by atoms with E-state index in [1.54, 1.807) is 7.11 Å². The van der Waals surface area contributed by atoms with Gasteiger partial charge in [0.15, 0.2) is 0 Å². The first kappa shape index (κ1) is 15.3. The molecular weight excluding hydrogens is 250 g/mol. The molecule has 1 aromatic rings. The molecule has 1 heterocycles. The molecule has 1 aliphatic heterocycles. The summed E-state index contributed by atoms with van der Waals surface area (Å²) in [6.45, 7) is 2.03. The normalized spacial score (nSPS) is 20.0. The second-order valence-corrected chi connectivity index (χ2v) is 5.69. The largest absolute Gasteiger partial charge is 0.497 e. The zero-order valence-corrected chi connectivity index (χ0v) is 12.7. The monoisotopic (exact) mass is 277 g/mol. The molecular formula is C17H27NO2. The zero-order valence-electron chi connectivity index (χ0n) is 12.7. The Kier molecular flexibility index (Phi) is 6.34. The molecule has 1 N–H and O–H groups in total. The molecule has 1 aliphatic rings. The Morgan fingerprint density at radius 1 is 1.35 bits per heavy atom. The van der Waals surface area contributed by atoms with Gasteiger partial charge in [-0.25, -0.2) is 0 Å². The van der Waals surface area contributed by atoms with Crippen molar-refractivity contribution in [2.45, 2.75) is 38.2 Å². The van der Waals surface area contributed by atoms with Crippen LogP contribution in [0.3, 0.4) is 0 Å². The maximum absolute atomic E-state index is 5.73. The number of hydrogen-bond donors (Lipinski definition) is 1. The fourth-order valence-corrected chi connectivity index (χ4v) is 2.95. The highest BCUT2D eigenvalue weighted by Gasteiger charge is 2.18. The molecule has 3 nitrogen and oxygen atoms in total. The SMILES string of the molecule is CNCC(CCC1CCCO1)Cc1ccc(OC)cc1. The molecule has 0 aliphatic carbocycles. The molecule has 0 spiro atoms. The summed E-state index contributed by atoms with van der Waals surface area (Å²) in [6, 6.07) is 8.44. The smallest absolute Gasteiger partial charge is 0.118 e. The van der Waals surface area contributed by atoms with Crippen molar-refractivity contribution in [3.63, 3.8) is 0 Å². The van der Waals surface area contributed by atoms with Crippen molar-refractivity contribution in [3.8, 4) is 5.75 Å². The van der Waals surface area contributed by atoms with Crippen LogP contribution in [0.1, 0.15) is 31.2 Å². The molecule has 0 bridgehead atoms. The number of rotatable bonds is 8. The van der Waals surface area contributed by atoms with E-state index in [1.807, 2.05) is 19.2 Å². The van der Waals surface area contributed by atoms with Crippen LogP contribution in [0.5, 0.6) is 5.75 Å². The first-order chi connectivity index (χ1) is 9.81. The highest BCUT2D eigenvalue weighted by Crippen LogP contribution is 2.22. The van der Waals surface area contributed by atoms with Crippen LogP contribution >= 0.6 is 0 Å². The van der Waals surface area contributed by atoms with Gasteiger partial charge in [0, 0.05) is 6.61 Å². The minimum atomic E-state index is 0.505. The molecule has 0 amide bonds. The summed E-state index contributed by atoms with van der Waals surface area (Å²) < 4.78 is 10.9. The van der Waals surface area contributed by atoms with E-state index in [4.69, 9.17) is 9.47 Å². The van der Waals surface area contributed by atoms with E-state index in [9.17, 15) is 0 Å². The lowest BCUT2D eigenvalue weighted by atomic mass is 9.93. The van der Waals surface area contributed by atoms with Crippen LogP contribution in [-0.4, -0.2) is 33.4 Å². The third-order valence-corrected chi connectivity index (χ3v) is 4.10. The van der Waals surface area contributed by atoms with Gasteiger partial charge in [-0.15, -0.1) is 0 Å². The molecule has 0 radical (unpaired) electrons. The van der Waals surface area contributed by atoms with E-state index in [2.05, 4.69) is 17.4 Å². The van der Waals surface area contributed by atoms with Gasteiger partial charge in [-0.2, -0.15) is 0 Å². The molecule has 2 unspecified atom stereocenters. The van der Waals surface area contributed by atoms with Gasteiger partial charge in [0.25, 0.3) is 0 Å². The van der Waals surface area contributed by atoms with Crippen molar-refractivity contribution >= 4 is 0 Å². The zero-order chi connectivity index (χ0) is 14.2. The number of methoxy groups -OCH3 is 1. The molecule has 1 fully saturated rings. The second-order valence-electron chi connectivity index (χ2n) is 5.69. The third-order valence-electron chi connectivity index (χ3n) is 4.10. The minimum absolute atomic E-state index is 0.505. The highest BCUT2D eigenvalue weighted by molar-refractivity contribution is 5.27. The summed E-state index contributed by atoms with van der Waals surface area (Å²) in [7, 11) is 3.74. The Morgan fingerprint density at radius 2 is 2.15 bits per heavy atom. The van der Waals surface area contributed by atoms with E-state index in [0.717, 1.165) is 25.3 Å². The number of hydrogen-bond acceptors (Lipinski definition) is 3.